The van der Waals surface area contributed by atoms with Gasteiger partial charge in [-0.15, -0.1) is 11.3 Å². The normalized spacial score (nSPS) is 10.7. The minimum absolute atomic E-state index is 0.0167. The molecule has 0 fully saturated rings. The van der Waals surface area contributed by atoms with Crippen molar-refractivity contribution in [2.75, 3.05) is 0 Å². The molecule has 6 nitrogen and oxygen atoms in total. The zero-order valence-corrected chi connectivity index (χ0v) is 11.4. The first-order valence-corrected chi connectivity index (χ1v) is 6.53. The highest BCUT2D eigenvalue weighted by Crippen LogP contribution is 2.17. The number of hydrogen-bond acceptors (Lipinski definition) is 5. The number of nitrogens with one attached hydrogen (secondary N) is 1. The lowest BCUT2D eigenvalue weighted by Gasteiger charge is -2.00. The van der Waals surface area contributed by atoms with E-state index >= 15 is 0 Å². The summed E-state index contributed by atoms with van der Waals surface area (Å²) in [7, 11) is 0. The van der Waals surface area contributed by atoms with E-state index in [0.717, 1.165) is 9.75 Å². The van der Waals surface area contributed by atoms with E-state index in [1.54, 1.807) is 6.07 Å². The first-order valence-electron chi connectivity index (χ1n) is 5.71. The van der Waals surface area contributed by atoms with Crippen LogP contribution in [0.5, 0.6) is 0 Å². The Morgan fingerprint density at radius 2 is 2.10 bits per heavy atom. The molecule has 20 heavy (non-hydrogen) atoms. The molecule has 0 saturated heterocycles. The molecule has 0 radical (unpaired) electrons. The third kappa shape index (κ3) is 3.27. The smallest absolute Gasteiger partial charge is 0.267 e. The number of thiophene rings is 1. The van der Waals surface area contributed by atoms with Gasteiger partial charge in [-0.1, -0.05) is 12.1 Å². The number of hydrazone groups is 1. The summed E-state index contributed by atoms with van der Waals surface area (Å²) in [5, 5.41) is 14.6. The van der Waals surface area contributed by atoms with Gasteiger partial charge < -0.3 is 0 Å². The monoisotopic (exact) mass is 289 g/mol. The molecule has 7 heteroatoms. The molecular weight excluding hydrogens is 278 g/mol. The van der Waals surface area contributed by atoms with Gasteiger partial charge in [0.1, 0.15) is 5.56 Å². The number of carbonyl (C=O) groups excluding carboxylic acids is 1. The third-order valence-electron chi connectivity index (χ3n) is 2.46. The maximum Gasteiger partial charge on any atom is 0.282 e. The van der Waals surface area contributed by atoms with Crippen LogP contribution in [0.25, 0.3) is 0 Å². The van der Waals surface area contributed by atoms with Crippen LogP contribution in [-0.2, 0) is 0 Å². The average Bonchev–Trinajstić information content (AvgIpc) is 2.84. The Bertz CT molecular complexity index is 679. The number of rotatable bonds is 4. The molecule has 0 unspecified atom stereocenters. The second kappa shape index (κ2) is 6.07. The molecule has 0 atom stereocenters. The Kier molecular flexibility index (Phi) is 4.21. The van der Waals surface area contributed by atoms with Crippen LogP contribution in [0, 0.1) is 17.0 Å². The van der Waals surface area contributed by atoms with Crippen molar-refractivity contribution in [1.82, 2.24) is 5.43 Å². The van der Waals surface area contributed by atoms with Crippen molar-refractivity contribution < 1.29 is 9.72 Å². The number of aryl methyl sites for hydroxylation is 1. The SMILES string of the molecule is Cc1ccc(/C=N/NC(=O)c2ccccc2[N+](=O)[O-])s1. The summed E-state index contributed by atoms with van der Waals surface area (Å²) < 4.78 is 0. The van der Waals surface area contributed by atoms with E-state index in [1.807, 2.05) is 19.1 Å². The summed E-state index contributed by atoms with van der Waals surface area (Å²) in [5.41, 5.74) is 2.02. The summed E-state index contributed by atoms with van der Waals surface area (Å²) in [4.78, 5) is 24.1. The fraction of sp³-hybridized carbons (Fsp3) is 0.0769. The minimum Gasteiger partial charge on any atom is -0.267 e. The van der Waals surface area contributed by atoms with Crippen molar-refractivity contribution in [3.05, 3.63) is 61.8 Å². The number of amides is 1. The molecule has 0 spiro atoms. The first-order chi connectivity index (χ1) is 9.58. The van der Waals surface area contributed by atoms with Crippen LogP contribution in [0.2, 0.25) is 0 Å². The van der Waals surface area contributed by atoms with Crippen molar-refractivity contribution in [3.63, 3.8) is 0 Å². The van der Waals surface area contributed by atoms with Crippen LogP contribution in [0.1, 0.15) is 20.1 Å². The minimum atomic E-state index is -0.609. The number of benzene rings is 1. The molecule has 1 heterocycles. The van der Waals surface area contributed by atoms with Gasteiger partial charge in [0, 0.05) is 15.8 Å². The Morgan fingerprint density at radius 1 is 1.35 bits per heavy atom. The summed E-state index contributed by atoms with van der Waals surface area (Å²) in [6.45, 7) is 1.97. The molecule has 102 valence electrons. The molecule has 0 aliphatic rings. The van der Waals surface area contributed by atoms with Gasteiger partial charge in [0.2, 0.25) is 0 Å². The zero-order chi connectivity index (χ0) is 14.5. The topological polar surface area (TPSA) is 84.6 Å². The molecule has 0 aliphatic heterocycles. The lowest BCUT2D eigenvalue weighted by molar-refractivity contribution is -0.385. The van der Waals surface area contributed by atoms with Gasteiger partial charge in [-0.05, 0) is 25.1 Å². The fourth-order valence-electron chi connectivity index (χ4n) is 1.56. The van der Waals surface area contributed by atoms with E-state index in [4.69, 9.17) is 0 Å². The van der Waals surface area contributed by atoms with Crippen molar-refractivity contribution in [2.24, 2.45) is 5.10 Å². The van der Waals surface area contributed by atoms with Crippen molar-refractivity contribution in [1.29, 1.82) is 0 Å². The molecule has 1 aromatic carbocycles. The van der Waals surface area contributed by atoms with Crippen LogP contribution in [0.4, 0.5) is 5.69 Å². The number of nitro benzene ring substituents is 1. The lowest BCUT2D eigenvalue weighted by atomic mass is 10.2. The van der Waals surface area contributed by atoms with E-state index in [-0.39, 0.29) is 11.3 Å². The van der Waals surface area contributed by atoms with E-state index in [2.05, 4.69) is 10.5 Å². The number of nitro groups is 1. The molecule has 1 N–H and O–H groups in total. The highest BCUT2D eigenvalue weighted by Gasteiger charge is 2.18. The number of hydrogen-bond donors (Lipinski definition) is 1. The predicted octanol–water partition coefficient (Wildman–Crippen LogP) is 2.73. The second-order valence-corrected chi connectivity index (χ2v) is 5.24. The summed E-state index contributed by atoms with van der Waals surface area (Å²) >= 11 is 1.53. The highest BCUT2D eigenvalue weighted by molar-refractivity contribution is 7.13. The molecular formula is C13H11N3O3S. The van der Waals surface area contributed by atoms with E-state index in [9.17, 15) is 14.9 Å². The summed E-state index contributed by atoms with van der Waals surface area (Å²) in [6, 6.07) is 9.55. The number of para-hydroxylation sites is 1. The van der Waals surface area contributed by atoms with Crippen LogP contribution < -0.4 is 5.43 Å². The van der Waals surface area contributed by atoms with Crippen molar-refractivity contribution in [2.45, 2.75) is 6.92 Å². The predicted molar refractivity (Wildman–Crippen MR) is 77.2 cm³/mol. The summed E-state index contributed by atoms with van der Waals surface area (Å²) in [5.74, 6) is -0.609. The van der Waals surface area contributed by atoms with Crippen molar-refractivity contribution >= 4 is 29.1 Å². The Labute approximate surface area is 118 Å². The highest BCUT2D eigenvalue weighted by atomic mass is 32.1. The Morgan fingerprint density at radius 3 is 2.75 bits per heavy atom. The maximum atomic E-state index is 11.8. The molecule has 2 rings (SSSR count). The summed E-state index contributed by atoms with van der Waals surface area (Å²) in [6.07, 6.45) is 1.50. The van der Waals surface area contributed by atoms with Gasteiger partial charge in [0.25, 0.3) is 11.6 Å². The molecule has 0 bridgehead atoms. The van der Waals surface area contributed by atoms with Gasteiger partial charge in [0.15, 0.2) is 0 Å². The molecule has 2 aromatic rings. The van der Waals surface area contributed by atoms with Crippen LogP contribution in [-0.4, -0.2) is 17.0 Å². The van der Waals surface area contributed by atoms with E-state index < -0.39 is 10.8 Å². The van der Waals surface area contributed by atoms with E-state index in [0.29, 0.717) is 0 Å². The maximum absolute atomic E-state index is 11.8. The quantitative estimate of drug-likeness (QED) is 0.533. The van der Waals surface area contributed by atoms with Gasteiger partial charge >= 0.3 is 0 Å². The van der Waals surface area contributed by atoms with Gasteiger partial charge in [-0.2, -0.15) is 5.10 Å². The Hall–Kier alpha value is -2.54. The van der Waals surface area contributed by atoms with Crippen LogP contribution in [0.15, 0.2) is 41.5 Å². The zero-order valence-electron chi connectivity index (χ0n) is 10.6. The molecule has 0 aliphatic carbocycles. The fourth-order valence-corrected chi connectivity index (χ4v) is 2.31. The van der Waals surface area contributed by atoms with Crippen LogP contribution in [0.3, 0.4) is 0 Å². The first kappa shape index (κ1) is 13.9. The van der Waals surface area contributed by atoms with Crippen molar-refractivity contribution in [3.8, 4) is 0 Å². The van der Waals surface area contributed by atoms with E-state index in [1.165, 1.54) is 35.8 Å². The largest absolute Gasteiger partial charge is 0.282 e. The average molecular weight is 289 g/mol. The molecule has 0 saturated carbocycles. The standard InChI is InChI=1S/C13H11N3O3S/c1-9-6-7-10(20-9)8-14-15-13(17)11-4-2-3-5-12(11)16(18)19/h2-8H,1H3,(H,15,17)/b14-8+. The number of nitrogens with zero attached hydrogens (tertiary/aromatic N) is 2. The number of carbonyl (C=O) groups is 1. The van der Waals surface area contributed by atoms with Gasteiger partial charge in [-0.25, -0.2) is 5.43 Å². The second-order valence-electron chi connectivity index (χ2n) is 3.92. The van der Waals surface area contributed by atoms with Gasteiger partial charge in [-0.3, -0.25) is 14.9 Å². The lowest BCUT2D eigenvalue weighted by Crippen LogP contribution is -2.18. The Balaban J connectivity index is 2.09. The van der Waals surface area contributed by atoms with Gasteiger partial charge in [0.05, 0.1) is 11.1 Å². The third-order valence-corrected chi connectivity index (χ3v) is 3.40. The molecule has 1 aromatic heterocycles. The molecule has 1 amide bonds. The van der Waals surface area contributed by atoms with Crippen LogP contribution >= 0.6 is 11.3 Å².